The van der Waals surface area contributed by atoms with Crippen LogP contribution >= 0.6 is 0 Å². The summed E-state index contributed by atoms with van der Waals surface area (Å²) in [6, 6.07) is 9.84. The summed E-state index contributed by atoms with van der Waals surface area (Å²) < 4.78 is 13.5. The van der Waals surface area contributed by atoms with Gasteiger partial charge in [0, 0.05) is 16.8 Å². The second-order valence-electron chi connectivity index (χ2n) is 4.38. The van der Waals surface area contributed by atoms with E-state index in [0.717, 1.165) is 0 Å². The first-order valence-corrected chi connectivity index (χ1v) is 5.66. The largest absolute Gasteiger partial charge is 0.399 e. The number of anilines is 1. The van der Waals surface area contributed by atoms with Gasteiger partial charge in [-0.25, -0.2) is 4.39 Å². The average Bonchev–Trinajstić information content (AvgIpc) is 2.35. The van der Waals surface area contributed by atoms with E-state index in [0.29, 0.717) is 27.9 Å². The fraction of sp³-hybridized carbons (Fsp3) is 0.133. The highest BCUT2D eigenvalue weighted by atomic mass is 19.1. The minimum absolute atomic E-state index is 0.124. The van der Waals surface area contributed by atoms with Crippen LogP contribution in [0.1, 0.15) is 27.0 Å². The molecule has 0 fully saturated rings. The molecule has 3 heteroatoms. The van der Waals surface area contributed by atoms with Crippen molar-refractivity contribution in [3.63, 3.8) is 0 Å². The second kappa shape index (κ2) is 4.61. The lowest BCUT2D eigenvalue weighted by Crippen LogP contribution is -2.04. The van der Waals surface area contributed by atoms with Crippen LogP contribution in [0.25, 0.3) is 0 Å². The molecule has 92 valence electrons. The summed E-state index contributed by atoms with van der Waals surface area (Å²) in [5.74, 6) is -0.384. The molecule has 0 radical (unpaired) electrons. The topological polar surface area (TPSA) is 43.1 Å². The molecule has 0 aliphatic carbocycles. The van der Waals surface area contributed by atoms with E-state index in [1.807, 2.05) is 0 Å². The fourth-order valence-electron chi connectivity index (χ4n) is 1.88. The molecule has 2 aromatic carbocycles. The number of carbonyl (C=O) groups excluding carboxylic acids is 1. The molecule has 0 amide bonds. The van der Waals surface area contributed by atoms with E-state index >= 15 is 0 Å². The minimum atomic E-state index is -0.260. The average molecular weight is 243 g/mol. The lowest BCUT2D eigenvalue weighted by atomic mass is 9.99. The molecule has 2 nitrogen and oxygen atoms in total. The van der Waals surface area contributed by atoms with E-state index in [2.05, 4.69) is 0 Å². The molecule has 0 saturated carbocycles. The Kier molecular flexibility index (Phi) is 3.15. The van der Waals surface area contributed by atoms with Crippen LogP contribution in [0, 0.1) is 19.7 Å². The quantitative estimate of drug-likeness (QED) is 0.650. The van der Waals surface area contributed by atoms with Crippen molar-refractivity contribution in [1.82, 2.24) is 0 Å². The molecule has 18 heavy (non-hydrogen) atoms. The second-order valence-corrected chi connectivity index (χ2v) is 4.38. The normalized spacial score (nSPS) is 10.4. The molecule has 0 heterocycles. The van der Waals surface area contributed by atoms with Crippen molar-refractivity contribution >= 4 is 11.5 Å². The van der Waals surface area contributed by atoms with Gasteiger partial charge in [0.2, 0.25) is 0 Å². The third kappa shape index (κ3) is 2.25. The third-order valence-electron chi connectivity index (χ3n) is 2.87. The fourth-order valence-corrected chi connectivity index (χ4v) is 1.88. The zero-order valence-corrected chi connectivity index (χ0v) is 10.3. The predicted octanol–water partition coefficient (Wildman–Crippen LogP) is 3.26. The minimum Gasteiger partial charge on any atom is -0.399 e. The van der Waals surface area contributed by atoms with Crippen LogP contribution in [0.5, 0.6) is 0 Å². The van der Waals surface area contributed by atoms with Gasteiger partial charge >= 0.3 is 0 Å². The Bertz CT molecular complexity index is 579. The summed E-state index contributed by atoms with van der Waals surface area (Å²) >= 11 is 0. The van der Waals surface area contributed by atoms with Crippen LogP contribution in [-0.2, 0) is 0 Å². The summed E-state index contributed by atoms with van der Waals surface area (Å²) in [5, 5.41) is 0. The van der Waals surface area contributed by atoms with Crippen LogP contribution in [0.3, 0.4) is 0 Å². The van der Waals surface area contributed by atoms with Gasteiger partial charge in [-0.15, -0.1) is 0 Å². The zero-order chi connectivity index (χ0) is 13.3. The van der Waals surface area contributed by atoms with Gasteiger partial charge in [0.15, 0.2) is 5.78 Å². The molecule has 0 bridgehead atoms. The number of halogens is 1. The number of nitrogen functional groups attached to an aromatic ring is 1. The SMILES string of the molecule is Cc1cc(C(=O)c2ccc(N)cc2)cc(C)c1F. The van der Waals surface area contributed by atoms with Gasteiger partial charge in [-0.05, 0) is 61.4 Å². The first-order chi connectivity index (χ1) is 8.49. The smallest absolute Gasteiger partial charge is 0.193 e. The van der Waals surface area contributed by atoms with E-state index in [9.17, 15) is 9.18 Å². The highest BCUT2D eigenvalue weighted by Crippen LogP contribution is 2.18. The summed E-state index contributed by atoms with van der Waals surface area (Å²) in [5.41, 5.74) is 8.19. The Balaban J connectivity index is 2.43. The van der Waals surface area contributed by atoms with Gasteiger partial charge in [0.1, 0.15) is 5.82 Å². The van der Waals surface area contributed by atoms with E-state index in [-0.39, 0.29) is 11.6 Å². The number of hydrogen-bond acceptors (Lipinski definition) is 2. The Morgan fingerprint density at radius 3 is 2.00 bits per heavy atom. The van der Waals surface area contributed by atoms with Gasteiger partial charge in [0.05, 0.1) is 0 Å². The molecule has 0 aliphatic rings. The molecule has 0 saturated heterocycles. The molecule has 2 aromatic rings. The summed E-state index contributed by atoms with van der Waals surface area (Å²) in [7, 11) is 0. The van der Waals surface area contributed by atoms with Crippen LogP contribution in [-0.4, -0.2) is 5.78 Å². The van der Waals surface area contributed by atoms with Gasteiger partial charge < -0.3 is 5.73 Å². The van der Waals surface area contributed by atoms with Crippen molar-refractivity contribution in [2.45, 2.75) is 13.8 Å². The first-order valence-electron chi connectivity index (χ1n) is 5.66. The zero-order valence-electron chi connectivity index (χ0n) is 10.3. The lowest BCUT2D eigenvalue weighted by Gasteiger charge is -2.06. The molecule has 0 unspecified atom stereocenters. The molecule has 0 aliphatic heterocycles. The van der Waals surface area contributed by atoms with Crippen LogP contribution in [0.15, 0.2) is 36.4 Å². The molecule has 0 aromatic heterocycles. The van der Waals surface area contributed by atoms with Crippen LogP contribution in [0.4, 0.5) is 10.1 Å². The lowest BCUT2D eigenvalue weighted by molar-refractivity contribution is 0.103. The molecular formula is C15H14FNO. The maximum absolute atomic E-state index is 13.5. The number of nitrogens with two attached hydrogens (primary N) is 1. The standard InChI is InChI=1S/C15H14FNO/c1-9-7-12(8-10(2)14(9)16)15(18)11-3-5-13(17)6-4-11/h3-8H,17H2,1-2H3. The Morgan fingerprint density at radius 1 is 1.00 bits per heavy atom. The van der Waals surface area contributed by atoms with E-state index in [1.165, 1.54) is 0 Å². The van der Waals surface area contributed by atoms with Crippen molar-refractivity contribution in [2.75, 3.05) is 5.73 Å². The van der Waals surface area contributed by atoms with E-state index < -0.39 is 0 Å². The van der Waals surface area contributed by atoms with E-state index in [1.54, 1.807) is 50.2 Å². The van der Waals surface area contributed by atoms with Crippen molar-refractivity contribution in [3.8, 4) is 0 Å². The van der Waals surface area contributed by atoms with Gasteiger partial charge in [-0.3, -0.25) is 4.79 Å². The van der Waals surface area contributed by atoms with Gasteiger partial charge in [-0.2, -0.15) is 0 Å². The molecule has 0 atom stereocenters. The van der Waals surface area contributed by atoms with Crippen molar-refractivity contribution < 1.29 is 9.18 Å². The Hall–Kier alpha value is -2.16. The molecule has 2 rings (SSSR count). The summed E-state index contributed by atoms with van der Waals surface area (Å²) in [6.45, 7) is 3.31. The number of aryl methyl sites for hydroxylation is 2. The van der Waals surface area contributed by atoms with E-state index in [4.69, 9.17) is 5.73 Å². The third-order valence-corrected chi connectivity index (χ3v) is 2.87. The number of hydrogen-bond donors (Lipinski definition) is 1. The number of ketones is 1. The van der Waals surface area contributed by atoms with Crippen LogP contribution < -0.4 is 5.73 Å². The van der Waals surface area contributed by atoms with Gasteiger partial charge in [-0.1, -0.05) is 0 Å². The summed E-state index contributed by atoms with van der Waals surface area (Å²) in [4.78, 5) is 12.2. The van der Waals surface area contributed by atoms with Crippen molar-refractivity contribution in [3.05, 3.63) is 64.5 Å². The Labute approximate surface area is 105 Å². The highest BCUT2D eigenvalue weighted by Gasteiger charge is 2.12. The monoisotopic (exact) mass is 243 g/mol. The number of carbonyl (C=O) groups is 1. The van der Waals surface area contributed by atoms with Crippen molar-refractivity contribution in [1.29, 1.82) is 0 Å². The molecule has 0 spiro atoms. The highest BCUT2D eigenvalue weighted by molar-refractivity contribution is 6.09. The van der Waals surface area contributed by atoms with Gasteiger partial charge in [0.25, 0.3) is 0 Å². The number of rotatable bonds is 2. The molecular weight excluding hydrogens is 229 g/mol. The summed E-state index contributed by atoms with van der Waals surface area (Å²) in [6.07, 6.45) is 0. The van der Waals surface area contributed by atoms with Crippen molar-refractivity contribution in [2.24, 2.45) is 0 Å². The predicted molar refractivity (Wildman–Crippen MR) is 70.2 cm³/mol. The molecule has 2 N–H and O–H groups in total. The van der Waals surface area contributed by atoms with Crippen LogP contribution in [0.2, 0.25) is 0 Å². The first kappa shape index (κ1) is 12.3. The maximum Gasteiger partial charge on any atom is 0.193 e. The maximum atomic E-state index is 13.5. The number of benzene rings is 2. The Morgan fingerprint density at radius 2 is 1.50 bits per heavy atom.